The van der Waals surface area contributed by atoms with Crippen molar-refractivity contribution < 1.29 is 9.53 Å². The summed E-state index contributed by atoms with van der Waals surface area (Å²) in [6, 6.07) is 3.88. The number of nitrogens with zero attached hydrogens (tertiary/aromatic N) is 3. The van der Waals surface area contributed by atoms with Crippen molar-refractivity contribution in [2.24, 2.45) is 11.7 Å². The molecule has 180 valence electrons. The van der Waals surface area contributed by atoms with Gasteiger partial charge in [-0.15, -0.1) is 0 Å². The number of carbonyl (C=O) groups excluding carboxylic acids is 1. The van der Waals surface area contributed by atoms with E-state index in [0.717, 1.165) is 68.0 Å². The first kappa shape index (κ1) is 25.2. The number of hydrogen-bond donors (Lipinski definition) is 2. The van der Waals surface area contributed by atoms with Gasteiger partial charge in [-0.2, -0.15) is 0 Å². The number of nitrogens with two attached hydrogens (primary N) is 1. The monoisotopic (exact) mass is 473 g/mol. The SMILES string of the molecule is CC[C@H](N)CNC(=O)c1c(C)cc(OCCCC2CCN(c3ncc(Cl)cn3)CC2)cc1C. The van der Waals surface area contributed by atoms with E-state index in [1.54, 1.807) is 12.4 Å². The average molecular weight is 474 g/mol. The van der Waals surface area contributed by atoms with Crippen LogP contribution in [-0.4, -0.2) is 48.2 Å². The van der Waals surface area contributed by atoms with E-state index in [2.05, 4.69) is 20.2 Å². The molecule has 0 aliphatic carbocycles. The van der Waals surface area contributed by atoms with Crippen molar-refractivity contribution in [1.82, 2.24) is 15.3 Å². The molecule has 0 saturated carbocycles. The molecule has 1 aromatic heterocycles. The number of carbonyl (C=O) groups is 1. The van der Waals surface area contributed by atoms with E-state index in [9.17, 15) is 4.79 Å². The fourth-order valence-corrected chi connectivity index (χ4v) is 4.37. The van der Waals surface area contributed by atoms with Gasteiger partial charge in [-0.1, -0.05) is 18.5 Å². The molecule has 1 aromatic carbocycles. The highest BCUT2D eigenvalue weighted by molar-refractivity contribution is 6.30. The third-order valence-corrected chi connectivity index (χ3v) is 6.51. The number of amides is 1. The third kappa shape index (κ3) is 7.30. The maximum absolute atomic E-state index is 12.6. The van der Waals surface area contributed by atoms with Crippen LogP contribution in [0.15, 0.2) is 24.5 Å². The number of nitrogens with one attached hydrogen (secondary N) is 1. The summed E-state index contributed by atoms with van der Waals surface area (Å²) in [6.07, 6.45) is 8.56. The number of anilines is 1. The second-order valence-corrected chi connectivity index (χ2v) is 9.37. The van der Waals surface area contributed by atoms with Crippen LogP contribution < -0.4 is 20.7 Å². The van der Waals surface area contributed by atoms with Gasteiger partial charge in [0.2, 0.25) is 5.95 Å². The Morgan fingerprint density at radius 2 is 1.88 bits per heavy atom. The molecule has 8 heteroatoms. The van der Waals surface area contributed by atoms with Crippen molar-refractivity contribution in [1.29, 1.82) is 0 Å². The van der Waals surface area contributed by atoms with E-state index >= 15 is 0 Å². The Bertz CT molecular complexity index is 891. The maximum atomic E-state index is 12.6. The molecule has 33 heavy (non-hydrogen) atoms. The zero-order chi connectivity index (χ0) is 23.8. The fourth-order valence-electron chi connectivity index (χ4n) is 4.27. The lowest BCUT2D eigenvalue weighted by molar-refractivity contribution is 0.0949. The van der Waals surface area contributed by atoms with Crippen molar-refractivity contribution >= 4 is 23.5 Å². The molecule has 1 saturated heterocycles. The average Bonchev–Trinajstić information content (AvgIpc) is 2.81. The number of hydrogen-bond acceptors (Lipinski definition) is 6. The number of piperidine rings is 1. The zero-order valence-corrected chi connectivity index (χ0v) is 20.7. The van der Waals surface area contributed by atoms with Crippen molar-refractivity contribution in [3.8, 4) is 5.75 Å². The Balaban J connectivity index is 1.41. The van der Waals surface area contributed by atoms with Crippen molar-refractivity contribution in [2.45, 2.75) is 58.9 Å². The molecule has 0 radical (unpaired) electrons. The summed E-state index contributed by atoms with van der Waals surface area (Å²) < 4.78 is 6.02. The number of ether oxygens (including phenoxy) is 1. The topological polar surface area (TPSA) is 93.4 Å². The molecule has 7 nitrogen and oxygen atoms in total. The summed E-state index contributed by atoms with van der Waals surface area (Å²) >= 11 is 5.88. The first-order chi connectivity index (χ1) is 15.9. The van der Waals surface area contributed by atoms with Gasteiger partial charge in [0.15, 0.2) is 0 Å². The Labute approximate surface area is 202 Å². The number of aryl methyl sites for hydroxylation is 2. The summed E-state index contributed by atoms with van der Waals surface area (Å²) in [5, 5.41) is 3.50. The Hall–Kier alpha value is -2.38. The molecule has 1 aliphatic rings. The van der Waals surface area contributed by atoms with Gasteiger partial charge in [-0.05, 0) is 75.1 Å². The Morgan fingerprint density at radius 3 is 2.48 bits per heavy atom. The quantitative estimate of drug-likeness (QED) is 0.500. The van der Waals surface area contributed by atoms with Crippen LogP contribution in [0, 0.1) is 19.8 Å². The van der Waals surface area contributed by atoms with E-state index in [4.69, 9.17) is 22.1 Å². The lowest BCUT2D eigenvalue weighted by Gasteiger charge is -2.32. The second kappa shape index (κ2) is 12.2. The standard InChI is InChI=1S/C25H36ClN5O2/c1-4-21(27)16-28-24(32)23-17(2)12-22(13-18(23)3)33-11-5-6-19-7-9-31(10-8-19)25-29-14-20(26)15-30-25/h12-15,19,21H,4-11,16,27H2,1-3H3,(H,28,32)/t21-/m0/s1. The Kier molecular flexibility index (Phi) is 9.32. The van der Waals surface area contributed by atoms with Crippen molar-refractivity contribution in [2.75, 3.05) is 31.1 Å². The molecule has 0 unspecified atom stereocenters. The summed E-state index contributed by atoms with van der Waals surface area (Å²) in [4.78, 5) is 23.4. The fraction of sp³-hybridized carbons (Fsp3) is 0.560. The molecule has 2 heterocycles. The molecule has 2 aromatic rings. The molecule has 1 amide bonds. The molecule has 3 rings (SSSR count). The van der Waals surface area contributed by atoms with Crippen LogP contribution in [0.25, 0.3) is 0 Å². The van der Waals surface area contributed by atoms with Gasteiger partial charge < -0.3 is 20.7 Å². The smallest absolute Gasteiger partial charge is 0.251 e. The highest BCUT2D eigenvalue weighted by atomic mass is 35.5. The normalized spacial score (nSPS) is 15.4. The van der Waals surface area contributed by atoms with Crippen LogP contribution in [-0.2, 0) is 0 Å². The van der Waals surface area contributed by atoms with E-state index in [0.29, 0.717) is 29.7 Å². The third-order valence-electron chi connectivity index (χ3n) is 6.31. The predicted molar refractivity (Wildman–Crippen MR) is 133 cm³/mol. The van der Waals surface area contributed by atoms with Crippen LogP contribution in [0.2, 0.25) is 5.02 Å². The number of rotatable bonds is 10. The van der Waals surface area contributed by atoms with Gasteiger partial charge >= 0.3 is 0 Å². The molecule has 1 fully saturated rings. The number of benzene rings is 1. The summed E-state index contributed by atoms with van der Waals surface area (Å²) in [6.45, 7) is 9.02. The molecule has 3 N–H and O–H groups in total. The van der Waals surface area contributed by atoms with Gasteiger partial charge in [0.1, 0.15) is 5.75 Å². The lowest BCUT2D eigenvalue weighted by atomic mass is 9.92. The zero-order valence-electron chi connectivity index (χ0n) is 19.9. The number of halogens is 1. The first-order valence-electron chi connectivity index (χ1n) is 11.9. The second-order valence-electron chi connectivity index (χ2n) is 8.93. The van der Waals surface area contributed by atoms with Crippen LogP contribution in [0.3, 0.4) is 0 Å². The molecule has 1 atom stereocenters. The lowest BCUT2D eigenvalue weighted by Crippen LogP contribution is -2.37. The van der Waals surface area contributed by atoms with Gasteiger partial charge in [-0.3, -0.25) is 4.79 Å². The van der Waals surface area contributed by atoms with Gasteiger partial charge in [0, 0.05) is 31.2 Å². The predicted octanol–water partition coefficient (Wildman–Crippen LogP) is 4.29. The molecular weight excluding hydrogens is 438 g/mol. The van der Waals surface area contributed by atoms with E-state index in [1.165, 1.54) is 0 Å². The highest BCUT2D eigenvalue weighted by Crippen LogP contribution is 2.26. The minimum atomic E-state index is -0.0733. The van der Waals surface area contributed by atoms with E-state index < -0.39 is 0 Å². The largest absolute Gasteiger partial charge is 0.494 e. The van der Waals surface area contributed by atoms with Crippen LogP contribution in [0.5, 0.6) is 5.75 Å². The van der Waals surface area contributed by atoms with Crippen LogP contribution >= 0.6 is 11.6 Å². The summed E-state index contributed by atoms with van der Waals surface area (Å²) in [5.74, 6) is 2.20. The van der Waals surface area contributed by atoms with Gasteiger partial charge in [0.05, 0.1) is 24.0 Å². The minimum Gasteiger partial charge on any atom is -0.494 e. The van der Waals surface area contributed by atoms with Gasteiger partial charge in [-0.25, -0.2) is 9.97 Å². The molecule has 0 spiro atoms. The van der Waals surface area contributed by atoms with E-state index in [-0.39, 0.29) is 11.9 Å². The van der Waals surface area contributed by atoms with Gasteiger partial charge in [0.25, 0.3) is 5.91 Å². The number of aromatic nitrogens is 2. The van der Waals surface area contributed by atoms with Crippen molar-refractivity contribution in [3.05, 3.63) is 46.2 Å². The van der Waals surface area contributed by atoms with Crippen molar-refractivity contribution in [3.63, 3.8) is 0 Å². The van der Waals surface area contributed by atoms with E-state index in [1.807, 2.05) is 32.9 Å². The minimum absolute atomic E-state index is 0.0184. The molecule has 1 aliphatic heterocycles. The highest BCUT2D eigenvalue weighted by Gasteiger charge is 2.21. The van der Waals surface area contributed by atoms with Crippen LogP contribution in [0.4, 0.5) is 5.95 Å². The first-order valence-corrected chi connectivity index (χ1v) is 12.3. The molecular formula is C25H36ClN5O2. The summed E-state index contributed by atoms with van der Waals surface area (Å²) in [5.41, 5.74) is 8.46. The maximum Gasteiger partial charge on any atom is 0.251 e. The molecule has 0 bridgehead atoms. The van der Waals surface area contributed by atoms with Crippen LogP contribution in [0.1, 0.15) is 60.5 Å². The Morgan fingerprint density at radius 1 is 1.24 bits per heavy atom. The summed E-state index contributed by atoms with van der Waals surface area (Å²) in [7, 11) is 0.